The van der Waals surface area contributed by atoms with E-state index in [1.165, 1.54) is 12.8 Å². The van der Waals surface area contributed by atoms with Gasteiger partial charge in [-0.25, -0.2) is 0 Å². The van der Waals surface area contributed by atoms with Crippen LogP contribution in [0.15, 0.2) is 12.0 Å². The van der Waals surface area contributed by atoms with E-state index in [0.29, 0.717) is 0 Å². The summed E-state index contributed by atoms with van der Waals surface area (Å²) in [5.41, 5.74) is 0.125. The zero-order valence-electron chi connectivity index (χ0n) is 8.17. The van der Waals surface area contributed by atoms with E-state index in [4.69, 9.17) is 4.74 Å². The number of nitrogens with zero attached hydrogens (tertiary/aromatic N) is 1. The monoisotopic (exact) mass is 181 g/mol. The first-order valence-corrected chi connectivity index (χ1v) is 4.79. The second-order valence-electron chi connectivity index (χ2n) is 4.15. The molecule has 2 aliphatic heterocycles. The Labute approximate surface area is 78.4 Å². The summed E-state index contributed by atoms with van der Waals surface area (Å²) in [4.78, 5) is 13.9. The van der Waals surface area contributed by atoms with Gasteiger partial charge in [0, 0.05) is 13.1 Å². The Morgan fingerprint density at radius 2 is 2.00 bits per heavy atom. The highest BCUT2D eigenvalue weighted by atomic mass is 16.5. The van der Waals surface area contributed by atoms with Gasteiger partial charge in [0.05, 0.1) is 0 Å². The van der Waals surface area contributed by atoms with Crippen LogP contribution in [0.5, 0.6) is 0 Å². The molecule has 3 nitrogen and oxygen atoms in total. The molecule has 2 heterocycles. The van der Waals surface area contributed by atoms with E-state index in [1.807, 2.05) is 13.8 Å². The molecule has 0 bridgehead atoms. The summed E-state index contributed by atoms with van der Waals surface area (Å²) in [6.07, 6.45) is 3.99. The molecule has 0 aliphatic carbocycles. The van der Waals surface area contributed by atoms with Crippen molar-refractivity contribution in [2.45, 2.75) is 32.3 Å². The Morgan fingerprint density at radius 1 is 1.38 bits per heavy atom. The maximum atomic E-state index is 11.8. The summed E-state index contributed by atoms with van der Waals surface area (Å²) in [7, 11) is 0. The number of carbonyl (C=O) groups excluding carboxylic acids is 1. The van der Waals surface area contributed by atoms with Crippen molar-refractivity contribution in [1.29, 1.82) is 0 Å². The molecule has 0 aromatic rings. The fraction of sp³-hybridized carbons (Fsp3) is 0.700. The van der Waals surface area contributed by atoms with E-state index in [2.05, 4.69) is 4.90 Å². The molecule has 0 saturated carbocycles. The van der Waals surface area contributed by atoms with E-state index >= 15 is 0 Å². The van der Waals surface area contributed by atoms with E-state index in [1.54, 1.807) is 6.26 Å². The number of carbonyl (C=O) groups is 1. The van der Waals surface area contributed by atoms with Crippen LogP contribution in [0, 0.1) is 0 Å². The molecule has 0 atom stereocenters. The lowest BCUT2D eigenvalue weighted by Gasteiger charge is -2.19. The average Bonchev–Trinajstić information content (AvgIpc) is 2.63. The van der Waals surface area contributed by atoms with Crippen LogP contribution < -0.4 is 0 Å². The summed E-state index contributed by atoms with van der Waals surface area (Å²) in [5.74, 6) is 0.120. The molecule has 2 aliphatic rings. The Morgan fingerprint density at radius 3 is 2.46 bits per heavy atom. The lowest BCUT2D eigenvalue weighted by molar-refractivity contribution is -0.128. The number of likely N-dealkylation sites (tertiary alicyclic amines) is 1. The average molecular weight is 181 g/mol. The van der Waals surface area contributed by atoms with Crippen LogP contribution in [0.4, 0.5) is 0 Å². The van der Waals surface area contributed by atoms with Crippen molar-refractivity contribution >= 4 is 5.78 Å². The van der Waals surface area contributed by atoms with Gasteiger partial charge < -0.3 is 9.64 Å². The van der Waals surface area contributed by atoms with Gasteiger partial charge in [0.2, 0.25) is 5.78 Å². The number of ketones is 1. The summed E-state index contributed by atoms with van der Waals surface area (Å²) < 4.78 is 5.32. The van der Waals surface area contributed by atoms with Gasteiger partial charge >= 0.3 is 0 Å². The van der Waals surface area contributed by atoms with Gasteiger partial charge in [-0.1, -0.05) is 0 Å². The Kier molecular flexibility index (Phi) is 1.82. The molecule has 2 rings (SSSR count). The van der Waals surface area contributed by atoms with Gasteiger partial charge in [-0.2, -0.15) is 0 Å². The van der Waals surface area contributed by atoms with Crippen LogP contribution in [-0.4, -0.2) is 29.4 Å². The molecular weight excluding hydrogens is 166 g/mol. The van der Waals surface area contributed by atoms with E-state index in [0.717, 1.165) is 18.8 Å². The molecule has 0 aromatic carbocycles. The van der Waals surface area contributed by atoms with E-state index in [-0.39, 0.29) is 5.78 Å². The minimum atomic E-state index is -0.641. The van der Waals surface area contributed by atoms with Crippen LogP contribution in [0.3, 0.4) is 0 Å². The highest BCUT2D eigenvalue weighted by Crippen LogP contribution is 2.28. The van der Waals surface area contributed by atoms with Gasteiger partial charge in [-0.15, -0.1) is 0 Å². The third-order valence-corrected chi connectivity index (χ3v) is 2.69. The third kappa shape index (κ3) is 1.32. The topological polar surface area (TPSA) is 29.5 Å². The molecule has 0 radical (unpaired) electrons. The number of hydrogen-bond acceptors (Lipinski definition) is 3. The van der Waals surface area contributed by atoms with Crippen molar-refractivity contribution in [1.82, 2.24) is 4.90 Å². The van der Waals surface area contributed by atoms with Crippen LogP contribution in [0.1, 0.15) is 26.7 Å². The molecule has 0 spiro atoms. The van der Waals surface area contributed by atoms with Gasteiger partial charge in [0.15, 0.2) is 5.60 Å². The quantitative estimate of drug-likeness (QED) is 0.610. The highest BCUT2D eigenvalue weighted by molar-refractivity contribution is 6.02. The molecule has 3 heteroatoms. The first-order chi connectivity index (χ1) is 6.11. The van der Waals surface area contributed by atoms with E-state index in [9.17, 15) is 4.79 Å². The van der Waals surface area contributed by atoms with Crippen molar-refractivity contribution in [2.75, 3.05) is 13.1 Å². The van der Waals surface area contributed by atoms with Gasteiger partial charge in [-0.05, 0) is 26.7 Å². The summed E-state index contributed by atoms with van der Waals surface area (Å²) in [5, 5.41) is 0. The van der Waals surface area contributed by atoms with Gasteiger partial charge in [0.1, 0.15) is 12.0 Å². The summed E-state index contributed by atoms with van der Waals surface area (Å²) in [6.45, 7) is 5.62. The molecule has 13 heavy (non-hydrogen) atoms. The zero-order chi connectivity index (χ0) is 9.47. The van der Waals surface area contributed by atoms with Gasteiger partial charge in [0.25, 0.3) is 0 Å². The predicted molar refractivity (Wildman–Crippen MR) is 49.1 cm³/mol. The number of rotatable bonds is 1. The summed E-state index contributed by atoms with van der Waals surface area (Å²) >= 11 is 0. The van der Waals surface area contributed by atoms with Gasteiger partial charge in [-0.3, -0.25) is 4.79 Å². The molecule has 72 valence electrons. The van der Waals surface area contributed by atoms with Crippen LogP contribution in [0.25, 0.3) is 0 Å². The molecule has 0 amide bonds. The molecule has 1 fully saturated rings. The van der Waals surface area contributed by atoms with Crippen molar-refractivity contribution in [3.63, 3.8) is 0 Å². The van der Waals surface area contributed by atoms with Crippen molar-refractivity contribution in [3.8, 4) is 0 Å². The third-order valence-electron chi connectivity index (χ3n) is 2.69. The lowest BCUT2D eigenvalue weighted by Crippen LogP contribution is -2.34. The van der Waals surface area contributed by atoms with Crippen molar-refractivity contribution in [3.05, 3.63) is 12.0 Å². The summed E-state index contributed by atoms with van der Waals surface area (Å²) in [6, 6.07) is 0. The van der Waals surface area contributed by atoms with Crippen LogP contribution in [-0.2, 0) is 9.53 Å². The smallest absolute Gasteiger partial charge is 0.224 e. The Hall–Kier alpha value is -0.990. The first kappa shape index (κ1) is 8.60. The number of hydrogen-bond donors (Lipinski definition) is 0. The largest absolute Gasteiger partial charge is 0.485 e. The number of Topliss-reactive ketones (excluding diaryl/α,β-unsaturated/α-hetero) is 1. The molecule has 0 unspecified atom stereocenters. The first-order valence-electron chi connectivity index (χ1n) is 4.79. The molecular formula is C10H15NO2. The Bertz CT molecular complexity index is 262. The second kappa shape index (κ2) is 2.76. The second-order valence-corrected chi connectivity index (χ2v) is 4.15. The van der Waals surface area contributed by atoms with E-state index < -0.39 is 5.60 Å². The maximum Gasteiger partial charge on any atom is 0.224 e. The fourth-order valence-corrected chi connectivity index (χ4v) is 1.79. The molecule has 0 aromatic heterocycles. The van der Waals surface area contributed by atoms with Crippen molar-refractivity contribution < 1.29 is 9.53 Å². The fourth-order valence-electron chi connectivity index (χ4n) is 1.79. The van der Waals surface area contributed by atoms with Crippen LogP contribution >= 0.6 is 0 Å². The molecule has 1 saturated heterocycles. The Balaban J connectivity index is 2.13. The molecule has 0 N–H and O–H groups in total. The normalized spacial score (nSPS) is 26.2. The number of ether oxygens (including phenoxy) is 1. The SMILES string of the molecule is CC1(C)OC=C(N2CCCC2)C1=O. The standard InChI is InChI=1S/C10H15NO2/c1-10(2)9(12)8(7-13-10)11-5-3-4-6-11/h7H,3-6H2,1-2H3. The zero-order valence-corrected chi connectivity index (χ0v) is 8.17. The lowest BCUT2D eigenvalue weighted by atomic mass is 10.0. The predicted octanol–water partition coefficient (Wildman–Crippen LogP) is 1.30. The highest BCUT2D eigenvalue weighted by Gasteiger charge is 2.39. The van der Waals surface area contributed by atoms with Crippen molar-refractivity contribution in [2.24, 2.45) is 0 Å². The van der Waals surface area contributed by atoms with Crippen LogP contribution in [0.2, 0.25) is 0 Å². The minimum absolute atomic E-state index is 0.120. The maximum absolute atomic E-state index is 11.8. The minimum Gasteiger partial charge on any atom is -0.485 e.